The summed E-state index contributed by atoms with van der Waals surface area (Å²) < 4.78 is 19.7. The molecule has 220 valence electrons. The summed E-state index contributed by atoms with van der Waals surface area (Å²) in [6.07, 6.45) is 0.271. The van der Waals surface area contributed by atoms with Crippen LogP contribution in [-0.2, 0) is 9.53 Å². The zero-order valence-corrected chi connectivity index (χ0v) is 26.9. The molecular formula is C32H34BrN3O5S. The molecule has 42 heavy (non-hydrogen) atoms. The molecule has 0 radical (unpaired) electrons. The van der Waals surface area contributed by atoms with E-state index < -0.39 is 17.1 Å². The van der Waals surface area contributed by atoms with Gasteiger partial charge < -0.3 is 19.2 Å². The molecule has 0 saturated heterocycles. The molecule has 0 aliphatic rings. The molecule has 0 aliphatic heterocycles. The largest absolute Gasteiger partial charge is 0.493 e. The Balaban J connectivity index is 1.72. The zero-order valence-electron chi connectivity index (χ0n) is 24.5. The van der Waals surface area contributed by atoms with E-state index in [9.17, 15) is 9.59 Å². The Kier molecular flexibility index (Phi) is 8.22. The molecule has 2 aromatic carbocycles. The van der Waals surface area contributed by atoms with Crippen LogP contribution in [0.1, 0.15) is 48.0 Å². The lowest BCUT2D eigenvalue weighted by Crippen LogP contribution is -2.27. The number of hydrogen-bond acceptors (Lipinski definition) is 7. The lowest BCUT2D eigenvalue weighted by molar-refractivity contribution is -0.142. The molecular weight excluding hydrogens is 618 g/mol. The SMILES string of the molecule is CC(C)(C)OC(=O)n1nc(-c2[nH]c3cc(OCCCBr)ccc3c2OC(=O)C(C)(C)C)c2sc(-c3ccccc3)cc21. The van der Waals surface area contributed by atoms with Crippen LogP contribution in [0.2, 0.25) is 0 Å². The average molecular weight is 653 g/mol. The van der Waals surface area contributed by atoms with Crippen molar-refractivity contribution in [2.24, 2.45) is 5.41 Å². The van der Waals surface area contributed by atoms with Crippen molar-refractivity contribution >= 4 is 60.4 Å². The third kappa shape index (κ3) is 6.24. The van der Waals surface area contributed by atoms with Gasteiger partial charge in [0.15, 0.2) is 5.75 Å². The minimum atomic E-state index is -0.742. The number of fused-ring (bicyclic) bond motifs is 2. The van der Waals surface area contributed by atoms with Crippen LogP contribution in [0.4, 0.5) is 4.79 Å². The molecule has 0 saturated carbocycles. The summed E-state index contributed by atoms with van der Waals surface area (Å²) in [5, 5.41) is 6.29. The molecule has 0 atom stereocenters. The van der Waals surface area contributed by atoms with Gasteiger partial charge in [0, 0.05) is 21.7 Å². The van der Waals surface area contributed by atoms with E-state index in [0.717, 1.165) is 32.4 Å². The summed E-state index contributed by atoms with van der Waals surface area (Å²) >= 11 is 4.94. The minimum absolute atomic E-state index is 0.349. The molecule has 0 aliphatic carbocycles. The van der Waals surface area contributed by atoms with Crippen LogP contribution < -0.4 is 9.47 Å². The van der Waals surface area contributed by atoms with E-state index in [1.165, 1.54) is 16.0 Å². The summed E-state index contributed by atoms with van der Waals surface area (Å²) in [7, 11) is 0. The van der Waals surface area contributed by atoms with Crippen LogP contribution in [0.15, 0.2) is 54.6 Å². The topological polar surface area (TPSA) is 95.4 Å². The highest BCUT2D eigenvalue weighted by molar-refractivity contribution is 9.09. The third-order valence-corrected chi connectivity index (χ3v) is 8.03. The lowest BCUT2D eigenvalue weighted by Gasteiger charge is -2.19. The highest BCUT2D eigenvalue weighted by Crippen LogP contribution is 2.45. The van der Waals surface area contributed by atoms with E-state index in [4.69, 9.17) is 19.3 Å². The second-order valence-electron chi connectivity index (χ2n) is 12.0. The number of esters is 1. The number of halogens is 1. The van der Waals surface area contributed by atoms with Crippen molar-refractivity contribution in [1.82, 2.24) is 14.8 Å². The number of nitrogens with zero attached hydrogens (tertiary/aromatic N) is 2. The normalized spacial score (nSPS) is 12.2. The molecule has 3 aromatic heterocycles. The van der Waals surface area contributed by atoms with Gasteiger partial charge in [-0.3, -0.25) is 4.79 Å². The van der Waals surface area contributed by atoms with Gasteiger partial charge in [0.2, 0.25) is 0 Å². The number of alkyl halides is 1. The van der Waals surface area contributed by atoms with E-state index in [-0.39, 0.29) is 5.97 Å². The van der Waals surface area contributed by atoms with Crippen molar-refractivity contribution in [3.63, 3.8) is 0 Å². The molecule has 0 unspecified atom stereocenters. The lowest BCUT2D eigenvalue weighted by atomic mass is 9.97. The third-order valence-electron chi connectivity index (χ3n) is 6.29. The second kappa shape index (κ2) is 11.6. The number of aromatic amines is 1. The smallest absolute Gasteiger partial charge is 0.435 e. The number of carbonyl (C=O) groups excluding carboxylic acids is 2. The van der Waals surface area contributed by atoms with Crippen molar-refractivity contribution in [3.05, 3.63) is 54.6 Å². The highest BCUT2D eigenvalue weighted by Gasteiger charge is 2.31. The minimum Gasteiger partial charge on any atom is -0.493 e. The monoisotopic (exact) mass is 651 g/mol. The summed E-state index contributed by atoms with van der Waals surface area (Å²) in [5.74, 6) is 0.653. The van der Waals surface area contributed by atoms with Gasteiger partial charge in [0.05, 0.1) is 27.8 Å². The molecule has 0 spiro atoms. The first kappa shape index (κ1) is 29.8. The van der Waals surface area contributed by atoms with Crippen molar-refractivity contribution < 1.29 is 23.8 Å². The summed E-state index contributed by atoms with van der Waals surface area (Å²) in [6.45, 7) is 11.4. The van der Waals surface area contributed by atoms with E-state index in [1.807, 2.05) is 75.4 Å². The van der Waals surface area contributed by atoms with E-state index >= 15 is 0 Å². The number of carbonyl (C=O) groups is 2. The number of hydrogen-bond donors (Lipinski definition) is 1. The van der Waals surface area contributed by atoms with E-state index in [1.54, 1.807) is 20.8 Å². The maximum atomic E-state index is 13.4. The Morgan fingerprint density at radius 1 is 1.02 bits per heavy atom. The number of benzene rings is 2. The van der Waals surface area contributed by atoms with Crippen molar-refractivity contribution in [2.45, 2.75) is 53.6 Å². The molecule has 1 N–H and O–H groups in total. The Labute approximate surface area is 257 Å². The van der Waals surface area contributed by atoms with Gasteiger partial charge in [0.1, 0.15) is 22.7 Å². The molecule has 0 amide bonds. The number of H-pyrrole nitrogens is 1. The molecule has 5 rings (SSSR count). The van der Waals surface area contributed by atoms with Crippen molar-refractivity contribution in [1.29, 1.82) is 0 Å². The van der Waals surface area contributed by atoms with Crippen molar-refractivity contribution in [3.8, 4) is 33.3 Å². The van der Waals surface area contributed by atoms with Gasteiger partial charge in [-0.2, -0.15) is 9.78 Å². The quantitative estimate of drug-likeness (QED) is 0.107. The molecule has 0 fully saturated rings. The maximum Gasteiger partial charge on any atom is 0.435 e. The predicted molar refractivity (Wildman–Crippen MR) is 171 cm³/mol. The van der Waals surface area contributed by atoms with Crippen LogP contribution >= 0.6 is 27.3 Å². The molecule has 3 heterocycles. The molecule has 10 heteroatoms. The second-order valence-corrected chi connectivity index (χ2v) is 13.8. The van der Waals surface area contributed by atoms with Gasteiger partial charge in [-0.1, -0.05) is 46.3 Å². The van der Waals surface area contributed by atoms with Crippen LogP contribution in [0.5, 0.6) is 11.5 Å². The Morgan fingerprint density at radius 3 is 2.43 bits per heavy atom. The Bertz CT molecular complexity index is 1760. The fraction of sp³-hybridized carbons (Fsp3) is 0.344. The maximum absolute atomic E-state index is 13.4. The Hall–Kier alpha value is -3.63. The van der Waals surface area contributed by atoms with E-state index in [0.29, 0.717) is 40.4 Å². The van der Waals surface area contributed by atoms with Crippen LogP contribution in [0, 0.1) is 5.41 Å². The van der Waals surface area contributed by atoms with Gasteiger partial charge in [-0.25, -0.2) is 4.79 Å². The Morgan fingerprint density at radius 2 is 1.76 bits per heavy atom. The highest BCUT2D eigenvalue weighted by atomic mass is 79.9. The van der Waals surface area contributed by atoms with Gasteiger partial charge in [-0.15, -0.1) is 11.3 Å². The van der Waals surface area contributed by atoms with Crippen LogP contribution in [0.3, 0.4) is 0 Å². The van der Waals surface area contributed by atoms with Crippen LogP contribution in [0.25, 0.3) is 42.9 Å². The fourth-order valence-electron chi connectivity index (χ4n) is 4.26. The summed E-state index contributed by atoms with van der Waals surface area (Å²) in [6, 6.07) is 17.5. The summed E-state index contributed by atoms with van der Waals surface area (Å²) in [5.41, 5.74) is 1.86. The number of thiophene rings is 1. The first-order valence-electron chi connectivity index (χ1n) is 13.7. The standard InChI is InChI=1S/C32H34BrN3O5S/c1-31(2,3)29(37)40-27-21-14-13-20(39-16-10-15-33)17-22(21)34-25(27)26-28-23(36(35-26)30(38)41-32(4,5)6)18-24(42-28)19-11-8-7-9-12-19/h7-9,11-14,17-18,34H,10,15-16H2,1-6H3. The van der Waals surface area contributed by atoms with Crippen LogP contribution in [-0.4, -0.2) is 44.4 Å². The fourth-order valence-corrected chi connectivity index (χ4v) is 5.63. The number of aromatic nitrogens is 3. The zero-order chi connectivity index (χ0) is 30.2. The molecule has 5 aromatic rings. The van der Waals surface area contributed by atoms with Gasteiger partial charge >= 0.3 is 12.1 Å². The summed E-state index contributed by atoms with van der Waals surface area (Å²) in [4.78, 5) is 30.9. The van der Waals surface area contributed by atoms with E-state index in [2.05, 4.69) is 20.9 Å². The number of ether oxygens (including phenoxy) is 3. The van der Waals surface area contributed by atoms with Crippen molar-refractivity contribution in [2.75, 3.05) is 11.9 Å². The molecule has 0 bridgehead atoms. The first-order chi connectivity index (χ1) is 19.9. The van der Waals surface area contributed by atoms with Gasteiger partial charge in [-0.05, 0) is 71.7 Å². The van der Waals surface area contributed by atoms with Gasteiger partial charge in [0.25, 0.3) is 0 Å². The number of nitrogens with one attached hydrogen (secondary N) is 1. The molecule has 8 nitrogen and oxygen atoms in total. The average Bonchev–Trinajstić information content (AvgIpc) is 3.60. The first-order valence-corrected chi connectivity index (χ1v) is 15.7. The predicted octanol–water partition coefficient (Wildman–Crippen LogP) is 8.81. The number of rotatable bonds is 7.